The van der Waals surface area contributed by atoms with Gasteiger partial charge in [0.05, 0.1) is 0 Å². The summed E-state index contributed by atoms with van der Waals surface area (Å²) in [7, 11) is 0. The van der Waals surface area contributed by atoms with Crippen molar-refractivity contribution < 1.29 is 9.90 Å². The molecule has 0 fully saturated rings. The van der Waals surface area contributed by atoms with Crippen molar-refractivity contribution in [2.45, 2.75) is 33.7 Å². The molecule has 0 aliphatic carbocycles. The maximum Gasteiger partial charge on any atom is 0.325 e. The van der Waals surface area contributed by atoms with Crippen LogP contribution in [-0.4, -0.2) is 29.1 Å². The molecule has 20 heavy (non-hydrogen) atoms. The van der Waals surface area contributed by atoms with Gasteiger partial charge in [0.1, 0.15) is 6.04 Å². The molecule has 114 valence electrons. The van der Waals surface area contributed by atoms with Gasteiger partial charge in [0.15, 0.2) is 0 Å². The standard InChI is InChI=1S/C16H25NO2.ClH/c1-12(2)10-17(11-13(3)4)15(16(18)19)14-8-6-5-7-9-14;/h5-9,12-13,15H,10-11H2,1-4H3,(H,18,19);1H. The topological polar surface area (TPSA) is 40.5 Å². The van der Waals surface area contributed by atoms with E-state index in [0.717, 1.165) is 18.7 Å². The van der Waals surface area contributed by atoms with Gasteiger partial charge in [0.25, 0.3) is 0 Å². The smallest absolute Gasteiger partial charge is 0.325 e. The third-order valence-electron chi connectivity index (χ3n) is 2.91. The lowest BCUT2D eigenvalue weighted by Crippen LogP contribution is -2.39. The number of carboxylic acids is 1. The number of halogens is 1. The predicted molar refractivity (Wildman–Crippen MR) is 85.3 cm³/mol. The van der Waals surface area contributed by atoms with Gasteiger partial charge < -0.3 is 5.11 Å². The highest BCUT2D eigenvalue weighted by Crippen LogP contribution is 2.23. The van der Waals surface area contributed by atoms with Crippen molar-refractivity contribution in [1.29, 1.82) is 0 Å². The molecule has 1 unspecified atom stereocenters. The summed E-state index contributed by atoms with van der Waals surface area (Å²) in [6, 6.07) is 8.95. The molecule has 0 amide bonds. The van der Waals surface area contributed by atoms with Crippen LogP contribution in [0.25, 0.3) is 0 Å². The molecule has 0 saturated carbocycles. The summed E-state index contributed by atoms with van der Waals surface area (Å²) >= 11 is 0. The minimum absolute atomic E-state index is 0. The van der Waals surface area contributed by atoms with Gasteiger partial charge in [-0.1, -0.05) is 58.0 Å². The van der Waals surface area contributed by atoms with E-state index in [0.29, 0.717) is 11.8 Å². The van der Waals surface area contributed by atoms with E-state index in [1.807, 2.05) is 30.3 Å². The SMILES string of the molecule is CC(C)CN(CC(C)C)C(C(=O)O)c1ccccc1.Cl. The van der Waals surface area contributed by atoms with Crippen molar-refractivity contribution in [3.8, 4) is 0 Å². The lowest BCUT2D eigenvalue weighted by molar-refractivity contribution is -0.144. The van der Waals surface area contributed by atoms with Crippen molar-refractivity contribution >= 4 is 18.4 Å². The Hall–Kier alpha value is -1.06. The van der Waals surface area contributed by atoms with Crippen LogP contribution in [0, 0.1) is 11.8 Å². The average molecular weight is 300 g/mol. The number of carbonyl (C=O) groups is 1. The van der Waals surface area contributed by atoms with Gasteiger partial charge in [0, 0.05) is 13.1 Å². The summed E-state index contributed by atoms with van der Waals surface area (Å²) in [6.45, 7) is 10.1. The molecule has 0 aliphatic rings. The normalized spacial score (nSPS) is 12.6. The van der Waals surface area contributed by atoms with E-state index in [-0.39, 0.29) is 12.4 Å². The maximum atomic E-state index is 11.7. The molecule has 0 radical (unpaired) electrons. The Kier molecular flexibility index (Phi) is 8.51. The number of nitrogens with zero attached hydrogens (tertiary/aromatic N) is 1. The first kappa shape index (κ1) is 18.9. The summed E-state index contributed by atoms with van der Waals surface area (Å²) in [4.78, 5) is 13.7. The third kappa shape index (κ3) is 5.93. The highest BCUT2D eigenvalue weighted by atomic mass is 35.5. The maximum absolute atomic E-state index is 11.7. The highest BCUT2D eigenvalue weighted by Gasteiger charge is 2.28. The lowest BCUT2D eigenvalue weighted by atomic mass is 10.0. The fourth-order valence-corrected chi connectivity index (χ4v) is 2.37. The Morgan fingerprint density at radius 2 is 1.50 bits per heavy atom. The van der Waals surface area contributed by atoms with E-state index < -0.39 is 12.0 Å². The van der Waals surface area contributed by atoms with Crippen LogP contribution in [0.15, 0.2) is 30.3 Å². The van der Waals surface area contributed by atoms with Gasteiger partial charge in [-0.05, 0) is 17.4 Å². The van der Waals surface area contributed by atoms with Crippen molar-refractivity contribution in [2.75, 3.05) is 13.1 Å². The van der Waals surface area contributed by atoms with Gasteiger partial charge in [-0.2, -0.15) is 0 Å². The summed E-state index contributed by atoms with van der Waals surface area (Å²) < 4.78 is 0. The molecule has 0 saturated heterocycles. The minimum atomic E-state index is -0.771. The predicted octanol–water partition coefficient (Wildman–Crippen LogP) is 3.85. The minimum Gasteiger partial charge on any atom is -0.480 e. The summed E-state index contributed by atoms with van der Waals surface area (Å²) in [6.07, 6.45) is 0. The van der Waals surface area contributed by atoms with E-state index >= 15 is 0 Å². The first-order valence-electron chi connectivity index (χ1n) is 6.93. The zero-order valence-electron chi connectivity index (χ0n) is 12.7. The fraction of sp³-hybridized carbons (Fsp3) is 0.562. The van der Waals surface area contributed by atoms with Crippen LogP contribution in [0.5, 0.6) is 0 Å². The van der Waals surface area contributed by atoms with E-state index in [4.69, 9.17) is 0 Å². The van der Waals surface area contributed by atoms with Crippen LogP contribution in [0.3, 0.4) is 0 Å². The number of aliphatic carboxylic acids is 1. The van der Waals surface area contributed by atoms with E-state index in [1.165, 1.54) is 0 Å². The zero-order chi connectivity index (χ0) is 14.4. The molecule has 3 nitrogen and oxygen atoms in total. The molecule has 0 aliphatic heterocycles. The van der Waals surface area contributed by atoms with Crippen molar-refractivity contribution in [3.63, 3.8) is 0 Å². The van der Waals surface area contributed by atoms with Crippen LogP contribution in [0.2, 0.25) is 0 Å². The average Bonchev–Trinajstić information content (AvgIpc) is 2.28. The third-order valence-corrected chi connectivity index (χ3v) is 2.91. The quantitative estimate of drug-likeness (QED) is 0.831. The lowest BCUT2D eigenvalue weighted by Gasteiger charge is -2.32. The molecule has 1 N–H and O–H groups in total. The Morgan fingerprint density at radius 1 is 1.05 bits per heavy atom. The van der Waals surface area contributed by atoms with Crippen LogP contribution >= 0.6 is 12.4 Å². The van der Waals surface area contributed by atoms with Gasteiger partial charge in [0.2, 0.25) is 0 Å². The van der Waals surface area contributed by atoms with E-state index in [9.17, 15) is 9.90 Å². The molecular formula is C16H26ClNO2. The first-order chi connectivity index (χ1) is 8.91. The van der Waals surface area contributed by atoms with Gasteiger partial charge in [-0.25, -0.2) is 0 Å². The van der Waals surface area contributed by atoms with E-state index in [2.05, 4.69) is 32.6 Å². The second kappa shape index (κ2) is 8.98. The highest BCUT2D eigenvalue weighted by molar-refractivity contribution is 5.85. The number of carboxylic acid groups (broad SMARTS) is 1. The van der Waals surface area contributed by atoms with Crippen molar-refractivity contribution in [1.82, 2.24) is 4.90 Å². The van der Waals surface area contributed by atoms with E-state index in [1.54, 1.807) is 0 Å². The molecule has 1 aromatic rings. The Bertz CT molecular complexity index is 383. The van der Waals surface area contributed by atoms with Crippen LogP contribution < -0.4 is 0 Å². The van der Waals surface area contributed by atoms with Crippen LogP contribution in [0.1, 0.15) is 39.3 Å². The molecule has 1 rings (SSSR count). The number of hydrogen-bond donors (Lipinski definition) is 1. The monoisotopic (exact) mass is 299 g/mol. The van der Waals surface area contributed by atoms with Crippen molar-refractivity contribution in [2.24, 2.45) is 11.8 Å². The molecule has 1 atom stereocenters. The molecule has 0 heterocycles. The Morgan fingerprint density at radius 3 is 1.85 bits per heavy atom. The largest absolute Gasteiger partial charge is 0.480 e. The van der Waals surface area contributed by atoms with Crippen LogP contribution in [0.4, 0.5) is 0 Å². The number of hydrogen-bond acceptors (Lipinski definition) is 2. The summed E-state index contributed by atoms with van der Waals surface area (Å²) in [5, 5.41) is 9.58. The van der Waals surface area contributed by atoms with Gasteiger partial charge in [-0.15, -0.1) is 12.4 Å². The van der Waals surface area contributed by atoms with Gasteiger partial charge >= 0.3 is 5.97 Å². The molecule has 0 spiro atoms. The first-order valence-corrected chi connectivity index (χ1v) is 6.93. The molecule has 4 heteroatoms. The Balaban J connectivity index is 0.00000361. The van der Waals surface area contributed by atoms with Crippen LogP contribution in [-0.2, 0) is 4.79 Å². The molecule has 0 bridgehead atoms. The molecule has 0 aromatic heterocycles. The van der Waals surface area contributed by atoms with Crippen molar-refractivity contribution in [3.05, 3.63) is 35.9 Å². The second-order valence-corrected chi connectivity index (χ2v) is 5.89. The summed E-state index contributed by atoms with van der Waals surface area (Å²) in [5.41, 5.74) is 0.858. The summed E-state index contributed by atoms with van der Waals surface area (Å²) in [5.74, 6) is 0.126. The zero-order valence-corrected chi connectivity index (χ0v) is 13.6. The second-order valence-electron chi connectivity index (χ2n) is 5.89. The molecule has 1 aromatic carbocycles. The number of rotatable bonds is 7. The fourth-order valence-electron chi connectivity index (χ4n) is 2.37. The van der Waals surface area contributed by atoms with Gasteiger partial charge in [-0.3, -0.25) is 9.69 Å². The Labute approximate surface area is 128 Å². The number of benzene rings is 1. The molecular weight excluding hydrogens is 274 g/mol.